The van der Waals surface area contributed by atoms with E-state index in [0.717, 1.165) is 22.0 Å². The van der Waals surface area contributed by atoms with Crippen molar-refractivity contribution in [3.8, 4) is 5.75 Å². The number of anilines is 1. The van der Waals surface area contributed by atoms with Crippen LogP contribution in [-0.2, 0) is 6.18 Å². The Kier molecular flexibility index (Phi) is 5.97. The molecule has 3 heterocycles. The summed E-state index contributed by atoms with van der Waals surface area (Å²) >= 11 is 3.42. The van der Waals surface area contributed by atoms with Crippen molar-refractivity contribution in [2.24, 2.45) is 0 Å². The predicted molar refractivity (Wildman–Crippen MR) is 113 cm³/mol. The number of nitrogens with zero attached hydrogens (tertiary/aromatic N) is 5. The summed E-state index contributed by atoms with van der Waals surface area (Å²) in [6, 6.07) is 4.36. The Labute approximate surface area is 189 Å². The van der Waals surface area contributed by atoms with Gasteiger partial charge < -0.3 is 9.84 Å². The van der Waals surface area contributed by atoms with Crippen LogP contribution < -0.4 is 9.64 Å². The third kappa shape index (κ3) is 4.36. The lowest BCUT2D eigenvalue weighted by atomic mass is 9.93. The highest BCUT2D eigenvalue weighted by molar-refractivity contribution is 9.10. The summed E-state index contributed by atoms with van der Waals surface area (Å²) in [6.07, 6.45) is -1.05. The zero-order chi connectivity index (χ0) is 23.0. The van der Waals surface area contributed by atoms with E-state index >= 15 is 0 Å². The third-order valence-corrected chi connectivity index (χ3v) is 6.07. The second-order valence-electron chi connectivity index (χ2n) is 7.53. The quantitative estimate of drug-likeness (QED) is 0.509. The lowest BCUT2D eigenvalue weighted by molar-refractivity contribution is -0.143. The van der Waals surface area contributed by atoms with Crippen LogP contribution in [0.5, 0.6) is 5.75 Å². The van der Waals surface area contributed by atoms with Crippen molar-refractivity contribution >= 4 is 38.7 Å². The zero-order valence-electron chi connectivity index (χ0n) is 16.9. The number of hydrogen-bond donors (Lipinski definition) is 1. The molecule has 1 saturated carbocycles. The molecule has 1 aliphatic carbocycles. The van der Waals surface area contributed by atoms with Crippen LogP contribution in [0.2, 0.25) is 0 Å². The van der Waals surface area contributed by atoms with E-state index in [1.165, 1.54) is 19.2 Å². The van der Waals surface area contributed by atoms with Crippen molar-refractivity contribution < 1.29 is 27.8 Å². The number of hydrogen-bond acceptors (Lipinski definition) is 5. The van der Waals surface area contributed by atoms with Crippen molar-refractivity contribution in [3.05, 3.63) is 40.9 Å². The first-order valence-corrected chi connectivity index (χ1v) is 10.6. The first-order valence-electron chi connectivity index (χ1n) is 9.84. The van der Waals surface area contributed by atoms with Gasteiger partial charge in [-0.3, -0.25) is 9.58 Å². The van der Waals surface area contributed by atoms with Crippen molar-refractivity contribution in [3.63, 3.8) is 0 Å². The minimum Gasteiger partial charge on any atom is -0.488 e. The highest BCUT2D eigenvalue weighted by Crippen LogP contribution is 2.38. The molecule has 0 radical (unpaired) electrons. The molecule has 0 saturated heterocycles. The number of amides is 1. The molecule has 0 atom stereocenters. The first kappa shape index (κ1) is 22.3. The van der Waals surface area contributed by atoms with Gasteiger partial charge in [0.05, 0.1) is 23.0 Å². The molecule has 12 heteroatoms. The number of ether oxygens (including phenoxy) is 1. The fourth-order valence-corrected chi connectivity index (χ4v) is 4.31. The number of fused-ring (bicyclic) bond motifs is 1. The molecule has 0 unspecified atom stereocenters. The Morgan fingerprint density at radius 2 is 2.00 bits per heavy atom. The lowest BCUT2D eigenvalue weighted by Crippen LogP contribution is -2.27. The fourth-order valence-electron chi connectivity index (χ4n) is 3.83. The minimum atomic E-state index is -4.58. The van der Waals surface area contributed by atoms with Gasteiger partial charge in [0, 0.05) is 25.5 Å². The molecular formula is C20H19BrF3N5O3. The van der Waals surface area contributed by atoms with Crippen LogP contribution in [0.4, 0.5) is 23.8 Å². The predicted octanol–water partition coefficient (Wildman–Crippen LogP) is 5.28. The molecule has 4 rings (SSSR count). The molecular weight excluding hydrogens is 495 g/mol. The second-order valence-corrected chi connectivity index (χ2v) is 8.28. The Morgan fingerprint density at radius 3 is 2.66 bits per heavy atom. The maximum Gasteiger partial charge on any atom is 0.437 e. The molecule has 0 aliphatic heterocycles. The highest BCUT2D eigenvalue weighted by atomic mass is 79.9. The second kappa shape index (κ2) is 8.57. The molecule has 1 fully saturated rings. The molecule has 32 heavy (non-hydrogen) atoms. The number of carboxylic acid groups (broad SMARTS) is 1. The molecule has 170 valence electrons. The average molecular weight is 514 g/mol. The van der Waals surface area contributed by atoms with Crippen molar-refractivity contribution in [2.75, 3.05) is 11.9 Å². The average Bonchev–Trinajstić information content (AvgIpc) is 3.09. The van der Waals surface area contributed by atoms with Gasteiger partial charge in [0.1, 0.15) is 10.4 Å². The SMILES string of the molecule is CN(C(=O)O)c1cc2c(cn1)c(Br)nn2[C@H]1CC[C@@H](Oc2cccnc2C(F)(F)F)CC1. The number of carbonyl (C=O) groups is 1. The topological polar surface area (TPSA) is 93.4 Å². The van der Waals surface area contributed by atoms with Crippen molar-refractivity contribution in [1.29, 1.82) is 0 Å². The lowest BCUT2D eigenvalue weighted by Gasteiger charge is -2.30. The number of halogens is 4. The van der Waals surface area contributed by atoms with E-state index < -0.39 is 18.0 Å². The molecule has 1 amide bonds. The number of rotatable bonds is 4. The van der Waals surface area contributed by atoms with Crippen molar-refractivity contribution in [1.82, 2.24) is 19.7 Å². The molecule has 1 aliphatic rings. The molecule has 8 nitrogen and oxygen atoms in total. The summed E-state index contributed by atoms with van der Waals surface area (Å²) in [5.74, 6) is 0.00934. The Hall–Kier alpha value is -2.89. The van der Waals surface area contributed by atoms with Gasteiger partial charge in [-0.05, 0) is 53.7 Å². The summed E-state index contributed by atoms with van der Waals surface area (Å²) in [6.45, 7) is 0. The number of alkyl halides is 3. The first-order chi connectivity index (χ1) is 15.1. The fraction of sp³-hybridized carbons (Fsp3) is 0.400. The summed E-state index contributed by atoms with van der Waals surface area (Å²) < 4.78 is 47.6. The smallest absolute Gasteiger partial charge is 0.437 e. The van der Waals surface area contributed by atoms with Crippen LogP contribution >= 0.6 is 15.9 Å². The van der Waals surface area contributed by atoms with Gasteiger partial charge >= 0.3 is 12.3 Å². The minimum absolute atomic E-state index is 0.00924. The van der Waals surface area contributed by atoms with Crippen LogP contribution in [0.15, 0.2) is 35.2 Å². The standard InChI is InChI=1S/C20H19BrF3N5O3/c1-28(19(30)31)16-9-14-13(10-26-16)18(21)27-29(14)11-4-6-12(7-5-11)32-15-3-2-8-25-17(15)20(22,23)24/h2-3,8-12H,4-7H2,1H3,(H,30,31)/t11-,12+. The van der Waals surface area contributed by atoms with Gasteiger partial charge in [0.15, 0.2) is 11.4 Å². The summed E-state index contributed by atoms with van der Waals surface area (Å²) in [7, 11) is 1.41. The van der Waals surface area contributed by atoms with Gasteiger partial charge in [-0.25, -0.2) is 14.8 Å². The van der Waals surface area contributed by atoms with Gasteiger partial charge in [-0.15, -0.1) is 0 Å². The highest BCUT2D eigenvalue weighted by Gasteiger charge is 2.37. The maximum atomic E-state index is 13.2. The van der Waals surface area contributed by atoms with Crippen LogP contribution in [-0.4, -0.2) is 44.1 Å². The molecule has 0 spiro atoms. The van der Waals surface area contributed by atoms with E-state index in [1.807, 2.05) is 4.68 Å². The molecule has 1 N–H and O–H groups in total. The summed E-state index contributed by atoms with van der Waals surface area (Å²) in [5.41, 5.74) is -0.294. The van der Waals surface area contributed by atoms with Crippen LogP contribution in [0.3, 0.4) is 0 Å². The van der Waals surface area contributed by atoms with Crippen LogP contribution in [0.1, 0.15) is 37.4 Å². The zero-order valence-corrected chi connectivity index (χ0v) is 18.5. The maximum absolute atomic E-state index is 13.2. The number of aromatic nitrogens is 4. The number of pyridine rings is 2. The Balaban J connectivity index is 1.51. The van der Waals surface area contributed by atoms with E-state index in [-0.39, 0.29) is 23.7 Å². The van der Waals surface area contributed by atoms with Crippen molar-refractivity contribution in [2.45, 2.75) is 44.0 Å². The Bertz CT molecular complexity index is 1150. The van der Waals surface area contributed by atoms with E-state index in [9.17, 15) is 23.1 Å². The van der Waals surface area contributed by atoms with E-state index in [0.29, 0.717) is 30.3 Å². The Morgan fingerprint density at radius 1 is 1.28 bits per heavy atom. The van der Waals surface area contributed by atoms with Gasteiger partial charge in [0.2, 0.25) is 0 Å². The van der Waals surface area contributed by atoms with E-state index in [1.54, 1.807) is 12.3 Å². The molecule has 3 aromatic rings. The largest absolute Gasteiger partial charge is 0.488 e. The van der Waals surface area contributed by atoms with Gasteiger partial charge in [-0.2, -0.15) is 18.3 Å². The third-order valence-electron chi connectivity index (χ3n) is 5.49. The van der Waals surface area contributed by atoms with Gasteiger partial charge in [0.25, 0.3) is 0 Å². The van der Waals surface area contributed by atoms with Crippen LogP contribution in [0, 0.1) is 0 Å². The van der Waals surface area contributed by atoms with E-state index in [4.69, 9.17) is 4.74 Å². The van der Waals surface area contributed by atoms with Crippen LogP contribution in [0.25, 0.3) is 10.9 Å². The summed E-state index contributed by atoms with van der Waals surface area (Å²) in [4.78, 5) is 19.9. The monoisotopic (exact) mass is 513 g/mol. The molecule has 0 bridgehead atoms. The summed E-state index contributed by atoms with van der Waals surface area (Å²) in [5, 5.41) is 14.5. The van der Waals surface area contributed by atoms with Gasteiger partial charge in [-0.1, -0.05) is 0 Å². The molecule has 0 aromatic carbocycles. The molecule has 3 aromatic heterocycles. The normalized spacial score (nSPS) is 19.2. The van der Waals surface area contributed by atoms with E-state index in [2.05, 4.69) is 31.0 Å².